The van der Waals surface area contributed by atoms with E-state index in [-0.39, 0.29) is 18.0 Å². The molecule has 1 aromatic heterocycles. The molecule has 8 heteroatoms. The first-order chi connectivity index (χ1) is 13.4. The second-order valence-electron chi connectivity index (χ2n) is 6.15. The number of nitrogens with zero attached hydrogens (tertiary/aromatic N) is 2. The number of rotatable bonds is 7. The molecule has 0 aliphatic carbocycles. The van der Waals surface area contributed by atoms with Crippen molar-refractivity contribution in [2.24, 2.45) is 0 Å². The van der Waals surface area contributed by atoms with E-state index in [9.17, 15) is 13.6 Å². The lowest BCUT2D eigenvalue weighted by molar-refractivity contribution is -0.115. The molecule has 0 aliphatic heterocycles. The highest BCUT2D eigenvalue weighted by Crippen LogP contribution is 2.27. The minimum atomic E-state index is -0.519. The summed E-state index contributed by atoms with van der Waals surface area (Å²) in [5.41, 5.74) is 0.923. The molecule has 0 radical (unpaired) electrons. The van der Waals surface area contributed by atoms with E-state index < -0.39 is 11.6 Å². The first kappa shape index (κ1) is 20.5. The average molecular weight is 466 g/mol. The van der Waals surface area contributed by atoms with Gasteiger partial charge < -0.3 is 5.32 Å². The van der Waals surface area contributed by atoms with Gasteiger partial charge in [0.2, 0.25) is 5.91 Å². The number of halogens is 3. The Hall–Kier alpha value is -2.19. The molecule has 0 aliphatic rings. The molecule has 0 spiro atoms. The number of benzene rings is 2. The molecule has 0 saturated carbocycles. The van der Waals surface area contributed by atoms with E-state index in [0.29, 0.717) is 18.0 Å². The first-order valence-corrected chi connectivity index (χ1v) is 10.4. The predicted molar refractivity (Wildman–Crippen MR) is 111 cm³/mol. The third-order valence-electron chi connectivity index (χ3n) is 4.03. The Morgan fingerprint density at radius 3 is 2.82 bits per heavy atom. The highest BCUT2D eigenvalue weighted by atomic mass is 79.9. The molecule has 1 amide bonds. The van der Waals surface area contributed by atoms with Gasteiger partial charge in [0.15, 0.2) is 0 Å². The Bertz CT molecular complexity index is 993. The van der Waals surface area contributed by atoms with E-state index in [1.165, 1.54) is 4.68 Å². The van der Waals surface area contributed by atoms with Gasteiger partial charge in [-0.1, -0.05) is 12.1 Å². The number of aryl methyl sites for hydroxylation is 1. The Kier molecular flexibility index (Phi) is 6.85. The van der Waals surface area contributed by atoms with E-state index in [4.69, 9.17) is 0 Å². The van der Waals surface area contributed by atoms with Gasteiger partial charge in [-0.3, -0.25) is 4.79 Å². The number of carbonyl (C=O) groups is 1. The van der Waals surface area contributed by atoms with Crippen LogP contribution in [0, 0.1) is 18.6 Å². The van der Waals surface area contributed by atoms with Crippen LogP contribution < -0.4 is 5.32 Å². The largest absolute Gasteiger partial charge is 0.311 e. The summed E-state index contributed by atoms with van der Waals surface area (Å²) < 4.78 is 29.8. The zero-order chi connectivity index (χ0) is 20.1. The van der Waals surface area contributed by atoms with Crippen LogP contribution in [0.15, 0.2) is 58.0 Å². The lowest BCUT2D eigenvalue weighted by atomic mass is 10.2. The average Bonchev–Trinajstić information content (AvgIpc) is 2.99. The van der Waals surface area contributed by atoms with E-state index >= 15 is 0 Å². The number of hydrogen-bond acceptors (Lipinski definition) is 3. The molecular formula is C20H18BrF2N3OS. The van der Waals surface area contributed by atoms with Gasteiger partial charge in [-0.15, -0.1) is 11.8 Å². The highest BCUT2D eigenvalue weighted by molar-refractivity contribution is 9.10. The van der Waals surface area contributed by atoms with Gasteiger partial charge >= 0.3 is 0 Å². The highest BCUT2D eigenvalue weighted by Gasteiger charge is 2.14. The number of aromatic nitrogens is 2. The summed E-state index contributed by atoms with van der Waals surface area (Å²) in [4.78, 5) is 13.4. The molecule has 0 saturated heterocycles. The molecular weight excluding hydrogens is 448 g/mol. The lowest BCUT2D eigenvalue weighted by Gasteiger charge is -2.11. The van der Waals surface area contributed by atoms with Gasteiger partial charge in [-0.05, 0) is 53.2 Å². The molecule has 4 nitrogen and oxygen atoms in total. The third kappa shape index (κ3) is 5.20. The van der Waals surface area contributed by atoms with Gasteiger partial charge in [0.25, 0.3) is 0 Å². The fourth-order valence-corrected chi connectivity index (χ4v) is 4.11. The molecule has 28 heavy (non-hydrogen) atoms. The molecule has 0 atom stereocenters. The Morgan fingerprint density at radius 2 is 2.04 bits per heavy atom. The monoisotopic (exact) mass is 465 g/mol. The van der Waals surface area contributed by atoms with Crippen LogP contribution in [0.25, 0.3) is 0 Å². The zero-order valence-electron chi connectivity index (χ0n) is 15.1. The maximum Gasteiger partial charge on any atom is 0.226 e. The SMILES string of the molecule is Cc1cnn(Cc2cc(F)ccc2F)c1NC(=O)CCSc1ccccc1Br. The lowest BCUT2D eigenvalue weighted by Crippen LogP contribution is -2.17. The normalized spacial score (nSPS) is 10.9. The quantitative estimate of drug-likeness (QED) is 0.475. The fraction of sp³-hybridized carbons (Fsp3) is 0.200. The molecule has 3 aromatic rings. The van der Waals surface area contributed by atoms with Crippen molar-refractivity contribution in [2.45, 2.75) is 24.8 Å². The van der Waals surface area contributed by atoms with Gasteiger partial charge in [0.1, 0.15) is 17.5 Å². The second-order valence-corrected chi connectivity index (χ2v) is 8.14. The summed E-state index contributed by atoms with van der Waals surface area (Å²) in [7, 11) is 0. The molecule has 146 valence electrons. The van der Waals surface area contributed by atoms with Crippen LogP contribution >= 0.6 is 27.7 Å². The third-order valence-corrected chi connectivity index (χ3v) is 6.06. The molecule has 0 bridgehead atoms. The van der Waals surface area contributed by atoms with Crippen LogP contribution in [0.2, 0.25) is 0 Å². The van der Waals surface area contributed by atoms with Crippen LogP contribution in [0.4, 0.5) is 14.6 Å². The second kappa shape index (κ2) is 9.34. The minimum absolute atomic E-state index is 0.0265. The number of carbonyl (C=O) groups excluding carboxylic acids is 1. The molecule has 0 fully saturated rings. The first-order valence-electron chi connectivity index (χ1n) is 8.57. The van der Waals surface area contributed by atoms with E-state index in [1.807, 2.05) is 24.3 Å². The summed E-state index contributed by atoms with van der Waals surface area (Å²) in [5, 5.41) is 7.01. The summed E-state index contributed by atoms with van der Waals surface area (Å²) >= 11 is 5.06. The molecule has 2 aromatic carbocycles. The van der Waals surface area contributed by atoms with Gasteiger partial charge in [-0.2, -0.15) is 5.10 Å². The zero-order valence-corrected chi connectivity index (χ0v) is 17.5. The van der Waals surface area contributed by atoms with Crippen molar-refractivity contribution in [3.8, 4) is 0 Å². The standard InChI is InChI=1S/C20H18BrF2N3OS/c1-13-11-24-26(12-14-10-15(22)6-7-17(14)23)20(13)25-19(27)8-9-28-18-5-3-2-4-16(18)21/h2-7,10-11H,8-9,12H2,1H3,(H,25,27). The summed E-state index contributed by atoms with van der Waals surface area (Å²) in [6, 6.07) is 11.1. The molecule has 0 unspecified atom stereocenters. The Balaban J connectivity index is 1.62. The van der Waals surface area contributed by atoms with Crippen molar-refractivity contribution in [1.82, 2.24) is 9.78 Å². The summed E-state index contributed by atoms with van der Waals surface area (Å²) in [5.74, 6) is -0.101. The smallest absolute Gasteiger partial charge is 0.226 e. The van der Waals surface area contributed by atoms with Crippen LogP contribution in [0.1, 0.15) is 17.5 Å². The van der Waals surface area contributed by atoms with Gasteiger partial charge in [0.05, 0.1) is 12.7 Å². The topological polar surface area (TPSA) is 46.9 Å². The predicted octanol–water partition coefficient (Wildman–Crippen LogP) is 5.40. The van der Waals surface area contributed by atoms with E-state index in [2.05, 4.69) is 26.3 Å². The minimum Gasteiger partial charge on any atom is -0.311 e. The van der Waals surface area contributed by atoms with Crippen molar-refractivity contribution in [1.29, 1.82) is 0 Å². The maximum absolute atomic E-state index is 13.9. The van der Waals surface area contributed by atoms with Crippen LogP contribution in [0.3, 0.4) is 0 Å². The van der Waals surface area contributed by atoms with Crippen molar-refractivity contribution >= 4 is 39.4 Å². The van der Waals surface area contributed by atoms with Crippen LogP contribution in [-0.4, -0.2) is 21.4 Å². The fourth-order valence-electron chi connectivity index (χ4n) is 2.60. The summed E-state index contributed by atoms with van der Waals surface area (Å²) in [6.07, 6.45) is 1.90. The van der Waals surface area contributed by atoms with Gasteiger partial charge in [-0.25, -0.2) is 13.5 Å². The van der Waals surface area contributed by atoms with Crippen molar-refractivity contribution in [2.75, 3.05) is 11.1 Å². The van der Waals surface area contributed by atoms with E-state index in [1.54, 1.807) is 24.9 Å². The number of amides is 1. The van der Waals surface area contributed by atoms with Crippen molar-refractivity contribution < 1.29 is 13.6 Å². The number of hydrogen-bond donors (Lipinski definition) is 1. The van der Waals surface area contributed by atoms with E-state index in [0.717, 1.165) is 33.1 Å². The molecule has 1 heterocycles. The maximum atomic E-state index is 13.9. The number of nitrogens with one attached hydrogen (secondary N) is 1. The Labute approximate surface area is 174 Å². The molecule has 1 N–H and O–H groups in total. The Morgan fingerprint density at radius 1 is 1.25 bits per heavy atom. The van der Waals surface area contributed by atoms with Crippen molar-refractivity contribution in [3.63, 3.8) is 0 Å². The van der Waals surface area contributed by atoms with Crippen molar-refractivity contribution in [3.05, 3.63) is 75.9 Å². The van der Waals surface area contributed by atoms with Crippen LogP contribution in [-0.2, 0) is 11.3 Å². The summed E-state index contributed by atoms with van der Waals surface area (Å²) in [6.45, 7) is 1.83. The number of anilines is 1. The molecule has 3 rings (SSSR count). The van der Waals surface area contributed by atoms with Gasteiger partial charge in [0, 0.05) is 32.7 Å². The number of thioether (sulfide) groups is 1. The van der Waals surface area contributed by atoms with Crippen LogP contribution in [0.5, 0.6) is 0 Å².